The molecule has 1 unspecified atom stereocenters. The molecular weight excluding hydrogens is 350 g/mol. The predicted molar refractivity (Wildman–Crippen MR) is 91.4 cm³/mol. The Kier molecular flexibility index (Phi) is 6.29. The Hall–Kier alpha value is -1.97. The van der Waals surface area contributed by atoms with Crippen LogP contribution in [0.1, 0.15) is 19.5 Å². The van der Waals surface area contributed by atoms with Crippen LogP contribution in [0, 0.1) is 0 Å². The monoisotopic (exact) mass is 369 g/mol. The minimum absolute atomic E-state index is 0.0742. The maximum atomic E-state index is 12.3. The first-order chi connectivity index (χ1) is 11.4. The van der Waals surface area contributed by atoms with Crippen LogP contribution in [0.15, 0.2) is 40.1 Å². The summed E-state index contributed by atoms with van der Waals surface area (Å²) in [4.78, 5) is 16.1. The van der Waals surface area contributed by atoms with E-state index in [1.807, 2.05) is 12.3 Å². The van der Waals surface area contributed by atoms with Gasteiger partial charge >= 0.3 is 0 Å². The molecule has 0 saturated heterocycles. The summed E-state index contributed by atoms with van der Waals surface area (Å²) >= 11 is 1.43. The van der Waals surface area contributed by atoms with Crippen LogP contribution in [0.5, 0.6) is 5.75 Å². The van der Waals surface area contributed by atoms with E-state index in [2.05, 4.69) is 15.0 Å². The molecule has 130 valence electrons. The van der Waals surface area contributed by atoms with Crippen molar-refractivity contribution in [3.8, 4) is 5.75 Å². The molecule has 7 nitrogen and oxygen atoms in total. The number of hydrogen-bond acceptors (Lipinski definition) is 6. The van der Waals surface area contributed by atoms with Crippen molar-refractivity contribution in [2.75, 3.05) is 6.61 Å². The van der Waals surface area contributed by atoms with Crippen LogP contribution in [0.3, 0.4) is 0 Å². The van der Waals surface area contributed by atoms with E-state index in [0.717, 1.165) is 5.69 Å². The third kappa shape index (κ3) is 5.02. The molecule has 24 heavy (non-hydrogen) atoms. The van der Waals surface area contributed by atoms with Crippen LogP contribution >= 0.6 is 11.3 Å². The van der Waals surface area contributed by atoms with E-state index in [-0.39, 0.29) is 11.4 Å². The van der Waals surface area contributed by atoms with Crippen LogP contribution in [0.4, 0.5) is 0 Å². The Bertz CT molecular complexity index is 759. The van der Waals surface area contributed by atoms with Crippen LogP contribution < -0.4 is 14.8 Å². The molecule has 1 atom stereocenters. The van der Waals surface area contributed by atoms with Gasteiger partial charge in [0.1, 0.15) is 5.75 Å². The maximum absolute atomic E-state index is 12.3. The van der Waals surface area contributed by atoms with Crippen molar-refractivity contribution in [3.63, 3.8) is 0 Å². The standard InChI is InChI=1S/C15H19N3O4S2/c1-3-22-13-4-6-14(7-5-13)24(20,21)18-11(2)15(19)16-8-12-9-23-10-17-12/h4-7,9-11,18H,3,8H2,1-2H3,(H,16,19). The number of carbonyl (C=O) groups is 1. The quantitative estimate of drug-likeness (QED) is 0.735. The van der Waals surface area contributed by atoms with Gasteiger partial charge in [0.05, 0.1) is 35.3 Å². The Balaban J connectivity index is 1.95. The first kappa shape index (κ1) is 18.4. The summed E-state index contributed by atoms with van der Waals surface area (Å²) in [7, 11) is -3.79. The SMILES string of the molecule is CCOc1ccc(S(=O)(=O)NC(C)C(=O)NCc2cscn2)cc1. The molecular formula is C15H19N3O4S2. The number of thiazole rings is 1. The van der Waals surface area contributed by atoms with E-state index >= 15 is 0 Å². The number of nitrogens with one attached hydrogen (secondary N) is 2. The minimum atomic E-state index is -3.79. The fraction of sp³-hybridized carbons (Fsp3) is 0.333. The van der Waals surface area contributed by atoms with Gasteiger partial charge in [-0.1, -0.05) is 0 Å². The molecule has 0 fully saturated rings. The summed E-state index contributed by atoms with van der Waals surface area (Å²) < 4.78 is 32.2. The molecule has 1 aromatic carbocycles. The number of rotatable bonds is 8. The zero-order valence-corrected chi connectivity index (χ0v) is 15.0. The van der Waals surface area contributed by atoms with E-state index in [0.29, 0.717) is 12.4 Å². The normalized spacial score (nSPS) is 12.6. The number of carbonyl (C=O) groups excluding carboxylic acids is 1. The van der Waals surface area contributed by atoms with E-state index in [4.69, 9.17) is 4.74 Å². The van der Waals surface area contributed by atoms with Crippen molar-refractivity contribution in [2.45, 2.75) is 31.3 Å². The number of amides is 1. The van der Waals surface area contributed by atoms with Gasteiger partial charge in [-0.15, -0.1) is 11.3 Å². The van der Waals surface area contributed by atoms with Gasteiger partial charge in [0, 0.05) is 5.38 Å². The molecule has 2 rings (SSSR count). The van der Waals surface area contributed by atoms with Crippen LogP contribution in [-0.4, -0.2) is 32.0 Å². The minimum Gasteiger partial charge on any atom is -0.494 e. The largest absolute Gasteiger partial charge is 0.494 e. The molecule has 1 aromatic heterocycles. The van der Waals surface area contributed by atoms with Gasteiger partial charge in [-0.3, -0.25) is 4.79 Å². The number of sulfonamides is 1. The molecule has 0 saturated carbocycles. The van der Waals surface area contributed by atoms with Crippen LogP contribution in [0.2, 0.25) is 0 Å². The molecule has 1 amide bonds. The zero-order chi connectivity index (χ0) is 17.6. The second-order valence-corrected chi connectivity index (χ2v) is 7.38. The van der Waals surface area contributed by atoms with Gasteiger partial charge in [0.2, 0.25) is 15.9 Å². The molecule has 0 aliphatic heterocycles. The first-order valence-corrected chi connectivity index (χ1v) is 9.75. The summed E-state index contributed by atoms with van der Waals surface area (Å²) in [6, 6.07) is 5.12. The molecule has 0 radical (unpaired) electrons. The summed E-state index contributed by atoms with van der Waals surface area (Å²) in [5.74, 6) is 0.169. The molecule has 1 heterocycles. The molecule has 0 aliphatic rings. The van der Waals surface area contributed by atoms with Crippen molar-refractivity contribution in [3.05, 3.63) is 40.8 Å². The van der Waals surface area contributed by atoms with Crippen molar-refractivity contribution in [1.82, 2.24) is 15.0 Å². The lowest BCUT2D eigenvalue weighted by atomic mass is 10.3. The maximum Gasteiger partial charge on any atom is 0.241 e. The van der Waals surface area contributed by atoms with Gasteiger partial charge in [0.15, 0.2) is 0 Å². The summed E-state index contributed by atoms with van der Waals surface area (Å²) in [5, 5.41) is 4.46. The Morgan fingerprint density at radius 2 is 2.04 bits per heavy atom. The fourth-order valence-electron chi connectivity index (χ4n) is 1.89. The first-order valence-electron chi connectivity index (χ1n) is 7.32. The molecule has 2 aromatic rings. The van der Waals surface area contributed by atoms with Gasteiger partial charge in [0.25, 0.3) is 0 Å². The highest BCUT2D eigenvalue weighted by Gasteiger charge is 2.22. The second-order valence-electron chi connectivity index (χ2n) is 4.94. The lowest BCUT2D eigenvalue weighted by molar-refractivity contribution is -0.122. The van der Waals surface area contributed by atoms with Crippen molar-refractivity contribution < 1.29 is 17.9 Å². The van der Waals surface area contributed by atoms with Gasteiger partial charge < -0.3 is 10.1 Å². The Morgan fingerprint density at radius 3 is 2.62 bits per heavy atom. The number of nitrogens with zero attached hydrogens (tertiary/aromatic N) is 1. The fourth-order valence-corrected chi connectivity index (χ4v) is 3.65. The van der Waals surface area contributed by atoms with Crippen molar-refractivity contribution in [1.29, 1.82) is 0 Å². The zero-order valence-electron chi connectivity index (χ0n) is 13.4. The van der Waals surface area contributed by atoms with Crippen molar-refractivity contribution >= 4 is 27.3 Å². The molecule has 9 heteroatoms. The average molecular weight is 369 g/mol. The van der Waals surface area contributed by atoms with E-state index in [9.17, 15) is 13.2 Å². The topological polar surface area (TPSA) is 97.4 Å². The lowest BCUT2D eigenvalue weighted by Gasteiger charge is -2.14. The summed E-state index contributed by atoms with van der Waals surface area (Å²) in [5.41, 5.74) is 2.40. The molecule has 2 N–H and O–H groups in total. The number of hydrogen-bond donors (Lipinski definition) is 2. The third-order valence-electron chi connectivity index (χ3n) is 3.10. The Morgan fingerprint density at radius 1 is 1.33 bits per heavy atom. The van der Waals surface area contributed by atoms with Crippen LogP contribution in [0.25, 0.3) is 0 Å². The van der Waals surface area contributed by atoms with Gasteiger partial charge in [-0.2, -0.15) is 4.72 Å². The highest BCUT2D eigenvalue weighted by Crippen LogP contribution is 2.16. The highest BCUT2D eigenvalue weighted by atomic mass is 32.2. The highest BCUT2D eigenvalue weighted by molar-refractivity contribution is 7.89. The van der Waals surface area contributed by atoms with Crippen molar-refractivity contribution in [2.24, 2.45) is 0 Å². The number of ether oxygens (including phenoxy) is 1. The second kappa shape index (κ2) is 8.22. The van der Waals surface area contributed by atoms with E-state index in [1.54, 1.807) is 17.6 Å². The molecule has 0 aliphatic carbocycles. The molecule has 0 bridgehead atoms. The smallest absolute Gasteiger partial charge is 0.241 e. The lowest BCUT2D eigenvalue weighted by Crippen LogP contribution is -2.44. The number of aromatic nitrogens is 1. The number of benzene rings is 1. The average Bonchev–Trinajstić information content (AvgIpc) is 3.06. The molecule has 0 spiro atoms. The summed E-state index contributed by atoms with van der Waals surface area (Å²) in [6.45, 7) is 4.10. The van der Waals surface area contributed by atoms with Gasteiger partial charge in [-0.05, 0) is 38.1 Å². The van der Waals surface area contributed by atoms with E-state index < -0.39 is 22.0 Å². The third-order valence-corrected chi connectivity index (χ3v) is 5.29. The summed E-state index contributed by atoms with van der Waals surface area (Å²) in [6.07, 6.45) is 0. The van der Waals surface area contributed by atoms with Gasteiger partial charge in [-0.25, -0.2) is 13.4 Å². The predicted octanol–water partition coefficient (Wildman–Crippen LogP) is 1.52. The Labute approximate surface area is 145 Å². The van der Waals surface area contributed by atoms with Crippen LogP contribution in [-0.2, 0) is 21.4 Å². The van der Waals surface area contributed by atoms with E-state index in [1.165, 1.54) is 30.4 Å².